The van der Waals surface area contributed by atoms with Crippen LogP contribution in [-0.4, -0.2) is 18.5 Å². The van der Waals surface area contributed by atoms with Crippen LogP contribution in [0.5, 0.6) is 0 Å². The van der Waals surface area contributed by atoms with E-state index in [0.29, 0.717) is 0 Å². The van der Waals surface area contributed by atoms with Crippen molar-refractivity contribution >= 4 is 5.91 Å². The lowest BCUT2D eigenvalue weighted by atomic mass is 10.0. The van der Waals surface area contributed by atoms with Gasteiger partial charge in [-0.1, -0.05) is 30.3 Å². The van der Waals surface area contributed by atoms with Crippen molar-refractivity contribution in [3.63, 3.8) is 0 Å². The van der Waals surface area contributed by atoms with Crippen LogP contribution in [0.2, 0.25) is 0 Å². The van der Waals surface area contributed by atoms with E-state index < -0.39 is 5.54 Å². The molecule has 0 aliphatic rings. The lowest BCUT2D eigenvalue weighted by molar-refractivity contribution is -0.126. The molecule has 2 rings (SSSR count). The van der Waals surface area contributed by atoms with Crippen molar-refractivity contribution in [1.29, 1.82) is 0 Å². The first-order chi connectivity index (χ1) is 9.54. The summed E-state index contributed by atoms with van der Waals surface area (Å²) < 4.78 is 5.46. The third kappa shape index (κ3) is 3.08. The third-order valence-corrected chi connectivity index (χ3v) is 3.43. The fraction of sp³-hybridized carbons (Fsp3) is 0.312. The molecule has 4 nitrogen and oxygen atoms in total. The van der Waals surface area contributed by atoms with Gasteiger partial charge in [0.1, 0.15) is 11.8 Å². The smallest absolute Gasteiger partial charge is 0.240 e. The van der Waals surface area contributed by atoms with Crippen molar-refractivity contribution in [3.05, 3.63) is 60.1 Å². The van der Waals surface area contributed by atoms with Crippen LogP contribution in [0.15, 0.2) is 53.1 Å². The van der Waals surface area contributed by atoms with Crippen LogP contribution in [-0.2, 0) is 4.79 Å². The molecule has 4 heteroatoms. The highest BCUT2D eigenvalue weighted by molar-refractivity contribution is 5.86. The number of hydrogen-bond donors (Lipinski definition) is 2. The summed E-state index contributed by atoms with van der Waals surface area (Å²) >= 11 is 0. The molecule has 1 aromatic heterocycles. The monoisotopic (exact) mass is 272 g/mol. The minimum Gasteiger partial charge on any atom is -0.467 e. The minimum atomic E-state index is -0.639. The Labute approximate surface area is 119 Å². The Morgan fingerprint density at radius 2 is 1.85 bits per heavy atom. The van der Waals surface area contributed by atoms with Crippen molar-refractivity contribution in [1.82, 2.24) is 10.6 Å². The predicted octanol–water partition coefficient (Wildman–Crippen LogP) is 2.48. The van der Waals surface area contributed by atoms with Crippen LogP contribution < -0.4 is 10.6 Å². The number of amides is 1. The fourth-order valence-electron chi connectivity index (χ4n) is 1.84. The average molecular weight is 272 g/mol. The highest BCUT2D eigenvalue weighted by atomic mass is 16.3. The van der Waals surface area contributed by atoms with Gasteiger partial charge >= 0.3 is 0 Å². The summed E-state index contributed by atoms with van der Waals surface area (Å²) in [5.74, 6) is 0.640. The molecule has 1 amide bonds. The SMILES string of the molecule is CNC(C)(C)C(=O)NC(c1ccccc1)c1ccco1. The van der Waals surface area contributed by atoms with E-state index >= 15 is 0 Å². The summed E-state index contributed by atoms with van der Waals surface area (Å²) in [4.78, 5) is 12.4. The van der Waals surface area contributed by atoms with Gasteiger partial charge < -0.3 is 15.1 Å². The van der Waals surface area contributed by atoms with Gasteiger partial charge in [-0.2, -0.15) is 0 Å². The highest BCUT2D eigenvalue weighted by Crippen LogP contribution is 2.23. The summed E-state index contributed by atoms with van der Waals surface area (Å²) in [5, 5.41) is 6.03. The maximum Gasteiger partial charge on any atom is 0.240 e. The summed E-state index contributed by atoms with van der Waals surface area (Å²) in [5.41, 5.74) is 0.349. The third-order valence-electron chi connectivity index (χ3n) is 3.43. The molecule has 0 spiro atoms. The van der Waals surface area contributed by atoms with Gasteiger partial charge in [-0.05, 0) is 38.6 Å². The molecule has 0 saturated heterocycles. The van der Waals surface area contributed by atoms with Crippen LogP contribution >= 0.6 is 0 Å². The van der Waals surface area contributed by atoms with Crippen molar-refractivity contribution in [2.24, 2.45) is 0 Å². The molecule has 1 unspecified atom stereocenters. The number of hydrogen-bond acceptors (Lipinski definition) is 3. The Hall–Kier alpha value is -2.07. The van der Waals surface area contributed by atoms with E-state index in [-0.39, 0.29) is 11.9 Å². The highest BCUT2D eigenvalue weighted by Gasteiger charge is 2.29. The van der Waals surface area contributed by atoms with E-state index in [9.17, 15) is 4.79 Å². The van der Waals surface area contributed by atoms with E-state index in [2.05, 4.69) is 10.6 Å². The van der Waals surface area contributed by atoms with Gasteiger partial charge in [0.15, 0.2) is 0 Å². The first-order valence-electron chi connectivity index (χ1n) is 6.63. The second kappa shape index (κ2) is 5.92. The zero-order chi connectivity index (χ0) is 14.6. The van der Waals surface area contributed by atoms with Crippen LogP contribution in [0, 0.1) is 0 Å². The number of carbonyl (C=O) groups is 1. The molecule has 0 saturated carbocycles. The van der Waals surface area contributed by atoms with E-state index in [1.165, 1.54) is 0 Å². The zero-order valence-electron chi connectivity index (χ0n) is 12.0. The van der Waals surface area contributed by atoms with Gasteiger partial charge in [0.2, 0.25) is 5.91 Å². The van der Waals surface area contributed by atoms with Gasteiger partial charge in [0.05, 0.1) is 11.8 Å². The standard InChI is InChI=1S/C16H20N2O2/c1-16(2,17-3)15(19)18-14(13-10-7-11-20-13)12-8-5-4-6-9-12/h4-11,14,17H,1-3H3,(H,18,19). The summed E-state index contributed by atoms with van der Waals surface area (Å²) in [6.07, 6.45) is 1.61. The van der Waals surface area contributed by atoms with Crippen molar-refractivity contribution < 1.29 is 9.21 Å². The quantitative estimate of drug-likeness (QED) is 0.879. The molecule has 0 fully saturated rings. The largest absolute Gasteiger partial charge is 0.467 e. The average Bonchev–Trinajstić information content (AvgIpc) is 2.99. The van der Waals surface area contributed by atoms with Crippen LogP contribution in [0.1, 0.15) is 31.2 Å². The molecule has 1 atom stereocenters. The summed E-state index contributed by atoms with van der Waals surface area (Å²) in [6.45, 7) is 3.68. The lowest BCUT2D eigenvalue weighted by Gasteiger charge is -2.26. The predicted molar refractivity (Wildman–Crippen MR) is 78.3 cm³/mol. The van der Waals surface area contributed by atoms with Crippen molar-refractivity contribution in [2.75, 3.05) is 7.05 Å². The number of rotatable bonds is 5. The normalized spacial score (nSPS) is 12.9. The van der Waals surface area contributed by atoms with E-state index in [1.54, 1.807) is 13.3 Å². The Bertz CT molecular complexity index is 547. The molecule has 0 bridgehead atoms. The molecule has 0 radical (unpaired) electrons. The van der Waals surface area contributed by atoms with Crippen molar-refractivity contribution in [2.45, 2.75) is 25.4 Å². The molecule has 106 valence electrons. The van der Waals surface area contributed by atoms with Gasteiger partial charge in [0.25, 0.3) is 0 Å². The van der Waals surface area contributed by atoms with Gasteiger partial charge in [-0.15, -0.1) is 0 Å². The molecular formula is C16H20N2O2. The zero-order valence-corrected chi connectivity index (χ0v) is 12.0. The summed E-state index contributed by atoms with van der Waals surface area (Å²) in [6, 6.07) is 13.2. The van der Waals surface area contributed by atoms with E-state index in [4.69, 9.17) is 4.42 Å². The maximum atomic E-state index is 12.4. The van der Waals surface area contributed by atoms with Gasteiger partial charge in [-0.25, -0.2) is 0 Å². The Balaban J connectivity index is 2.28. The second-order valence-electron chi connectivity index (χ2n) is 5.21. The van der Waals surface area contributed by atoms with Gasteiger partial charge in [0, 0.05) is 0 Å². The van der Waals surface area contributed by atoms with E-state index in [1.807, 2.05) is 56.3 Å². The fourth-order valence-corrected chi connectivity index (χ4v) is 1.84. The lowest BCUT2D eigenvalue weighted by Crippen LogP contribution is -2.52. The van der Waals surface area contributed by atoms with Crippen LogP contribution in [0.25, 0.3) is 0 Å². The number of benzene rings is 1. The van der Waals surface area contributed by atoms with Crippen molar-refractivity contribution in [3.8, 4) is 0 Å². The summed E-state index contributed by atoms with van der Waals surface area (Å²) in [7, 11) is 1.77. The number of carbonyl (C=O) groups excluding carboxylic acids is 1. The molecule has 1 heterocycles. The Morgan fingerprint density at radius 3 is 2.40 bits per heavy atom. The number of furan rings is 1. The molecule has 0 aliphatic heterocycles. The van der Waals surface area contributed by atoms with Crippen LogP contribution in [0.4, 0.5) is 0 Å². The molecule has 1 aromatic carbocycles. The first-order valence-corrected chi connectivity index (χ1v) is 6.63. The van der Waals surface area contributed by atoms with Gasteiger partial charge in [-0.3, -0.25) is 4.79 Å². The molecule has 2 N–H and O–H groups in total. The van der Waals surface area contributed by atoms with E-state index in [0.717, 1.165) is 11.3 Å². The number of nitrogens with one attached hydrogen (secondary N) is 2. The van der Waals surface area contributed by atoms with Crippen LogP contribution in [0.3, 0.4) is 0 Å². The first kappa shape index (κ1) is 14.3. The molecule has 0 aliphatic carbocycles. The maximum absolute atomic E-state index is 12.4. The molecule has 2 aromatic rings. The molecular weight excluding hydrogens is 252 g/mol. The molecule has 20 heavy (non-hydrogen) atoms. The Morgan fingerprint density at radius 1 is 1.15 bits per heavy atom. The second-order valence-corrected chi connectivity index (χ2v) is 5.21. The topological polar surface area (TPSA) is 54.3 Å². The minimum absolute atomic E-state index is 0.0785. The Kier molecular flexibility index (Phi) is 4.25. The number of likely N-dealkylation sites (N-methyl/N-ethyl adjacent to an activating group) is 1.